The second kappa shape index (κ2) is 5.55. The van der Waals surface area contributed by atoms with Gasteiger partial charge in [-0.2, -0.15) is 0 Å². The van der Waals surface area contributed by atoms with Crippen LogP contribution in [0.25, 0.3) is 0 Å². The van der Waals surface area contributed by atoms with Crippen LogP contribution in [0.3, 0.4) is 0 Å². The predicted molar refractivity (Wildman–Crippen MR) is 78.7 cm³/mol. The standard InChI is InChI=1S/C14H19FIN/c1-9-5-10(2)7-12(6-9)17-14-4-3-11(15)8-13(14)16/h3-4,8-10,12,17H,5-7H2,1-2H3. The first-order valence-electron chi connectivity index (χ1n) is 6.26. The molecule has 0 bridgehead atoms. The molecule has 1 aromatic carbocycles. The number of nitrogens with one attached hydrogen (secondary N) is 1. The van der Waals surface area contributed by atoms with Gasteiger partial charge in [0.2, 0.25) is 0 Å². The Morgan fingerprint density at radius 1 is 1.18 bits per heavy atom. The molecule has 3 heteroatoms. The van der Waals surface area contributed by atoms with E-state index in [9.17, 15) is 4.39 Å². The number of halogens is 2. The van der Waals surface area contributed by atoms with Crippen molar-refractivity contribution in [2.24, 2.45) is 11.8 Å². The summed E-state index contributed by atoms with van der Waals surface area (Å²) in [6.45, 7) is 4.64. The van der Waals surface area contributed by atoms with E-state index in [1.165, 1.54) is 25.3 Å². The van der Waals surface area contributed by atoms with Gasteiger partial charge in [0, 0.05) is 15.3 Å². The molecule has 1 saturated carbocycles. The predicted octanol–water partition coefficient (Wildman–Crippen LogP) is 4.67. The van der Waals surface area contributed by atoms with Crippen LogP contribution >= 0.6 is 22.6 Å². The summed E-state index contributed by atoms with van der Waals surface area (Å²) in [6.07, 6.45) is 3.77. The molecule has 17 heavy (non-hydrogen) atoms. The van der Waals surface area contributed by atoms with Crippen LogP contribution in [0.5, 0.6) is 0 Å². The molecule has 1 aliphatic carbocycles. The fraction of sp³-hybridized carbons (Fsp3) is 0.571. The molecule has 1 nitrogen and oxygen atoms in total. The van der Waals surface area contributed by atoms with Crippen molar-refractivity contribution in [1.82, 2.24) is 0 Å². The Morgan fingerprint density at radius 3 is 2.41 bits per heavy atom. The summed E-state index contributed by atoms with van der Waals surface area (Å²) >= 11 is 2.19. The normalized spacial score (nSPS) is 29.1. The van der Waals surface area contributed by atoms with Crippen molar-refractivity contribution < 1.29 is 4.39 Å². The second-order valence-corrected chi connectivity index (χ2v) is 6.55. The third kappa shape index (κ3) is 3.57. The summed E-state index contributed by atoms with van der Waals surface area (Å²) in [5.41, 5.74) is 1.07. The lowest BCUT2D eigenvalue weighted by Gasteiger charge is -2.32. The first kappa shape index (κ1) is 13.1. The molecule has 1 aliphatic rings. The first-order chi connectivity index (χ1) is 8.04. The quantitative estimate of drug-likeness (QED) is 0.767. The lowest BCUT2D eigenvalue weighted by molar-refractivity contribution is 0.281. The van der Waals surface area contributed by atoms with E-state index in [0.717, 1.165) is 21.1 Å². The topological polar surface area (TPSA) is 12.0 Å². The summed E-state index contributed by atoms with van der Waals surface area (Å²) in [6, 6.07) is 5.49. The van der Waals surface area contributed by atoms with E-state index in [2.05, 4.69) is 41.8 Å². The molecule has 1 aromatic rings. The van der Waals surface area contributed by atoms with Crippen LogP contribution in [0.1, 0.15) is 33.1 Å². The van der Waals surface area contributed by atoms with E-state index in [1.807, 2.05) is 6.07 Å². The van der Waals surface area contributed by atoms with Crippen LogP contribution < -0.4 is 5.32 Å². The largest absolute Gasteiger partial charge is 0.381 e. The molecule has 0 saturated heterocycles. The zero-order valence-electron chi connectivity index (χ0n) is 10.3. The van der Waals surface area contributed by atoms with Gasteiger partial charge in [-0.3, -0.25) is 0 Å². The van der Waals surface area contributed by atoms with Gasteiger partial charge in [-0.1, -0.05) is 13.8 Å². The maximum absolute atomic E-state index is 13.0. The smallest absolute Gasteiger partial charge is 0.124 e. The van der Waals surface area contributed by atoms with E-state index in [1.54, 1.807) is 6.07 Å². The highest BCUT2D eigenvalue weighted by atomic mass is 127. The Hall–Kier alpha value is -0.320. The van der Waals surface area contributed by atoms with Crippen LogP contribution in [0.2, 0.25) is 0 Å². The monoisotopic (exact) mass is 347 g/mol. The third-order valence-corrected chi connectivity index (χ3v) is 4.36. The molecule has 0 amide bonds. The molecule has 1 fully saturated rings. The van der Waals surface area contributed by atoms with Gasteiger partial charge in [0.1, 0.15) is 5.82 Å². The summed E-state index contributed by atoms with van der Waals surface area (Å²) in [4.78, 5) is 0. The molecule has 0 heterocycles. The van der Waals surface area contributed by atoms with Crippen LogP contribution in [0, 0.1) is 21.2 Å². The lowest BCUT2D eigenvalue weighted by atomic mass is 9.80. The van der Waals surface area contributed by atoms with E-state index >= 15 is 0 Å². The van der Waals surface area contributed by atoms with Gasteiger partial charge in [-0.15, -0.1) is 0 Å². The molecule has 0 aliphatic heterocycles. The van der Waals surface area contributed by atoms with Crippen LogP contribution in [0.15, 0.2) is 18.2 Å². The molecule has 0 spiro atoms. The maximum Gasteiger partial charge on any atom is 0.124 e. The van der Waals surface area contributed by atoms with Crippen LogP contribution in [-0.2, 0) is 0 Å². The van der Waals surface area contributed by atoms with Gasteiger partial charge in [-0.05, 0) is 71.9 Å². The lowest BCUT2D eigenvalue weighted by Crippen LogP contribution is -2.30. The number of hydrogen-bond acceptors (Lipinski definition) is 1. The van der Waals surface area contributed by atoms with Gasteiger partial charge >= 0.3 is 0 Å². The van der Waals surface area contributed by atoms with Crippen LogP contribution in [0.4, 0.5) is 10.1 Å². The van der Waals surface area contributed by atoms with Crippen LogP contribution in [-0.4, -0.2) is 6.04 Å². The number of rotatable bonds is 2. The van der Waals surface area contributed by atoms with Crippen molar-refractivity contribution in [3.8, 4) is 0 Å². The Balaban J connectivity index is 2.04. The SMILES string of the molecule is CC1CC(C)CC(Nc2ccc(F)cc2I)C1. The molecule has 2 atom stereocenters. The highest BCUT2D eigenvalue weighted by Gasteiger charge is 2.24. The number of hydrogen-bond donors (Lipinski definition) is 1. The molecule has 1 N–H and O–H groups in total. The average molecular weight is 347 g/mol. The van der Waals surface area contributed by atoms with Gasteiger partial charge < -0.3 is 5.32 Å². The Bertz CT molecular complexity index is 384. The van der Waals surface area contributed by atoms with Gasteiger partial charge in [0.15, 0.2) is 0 Å². The van der Waals surface area contributed by atoms with Gasteiger partial charge in [-0.25, -0.2) is 4.39 Å². The number of anilines is 1. The fourth-order valence-corrected chi connectivity index (χ4v) is 3.52. The minimum atomic E-state index is -0.162. The maximum atomic E-state index is 13.0. The minimum absolute atomic E-state index is 0.162. The highest BCUT2D eigenvalue weighted by Crippen LogP contribution is 2.31. The molecule has 94 valence electrons. The second-order valence-electron chi connectivity index (χ2n) is 5.38. The van der Waals surface area contributed by atoms with Crippen molar-refractivity contribution in [3.63, 3.8) is 0 Å². The fourth-order valence-electron chi connectivity index (χ4n) is 2.89. The van der Waals surface area contributed by atoms with Gasteiger partial charge in [0.05, 0.1) is 0 Å². The summed E-state index contributed by atoms with van der Waals surface area (Å²) in [5.74, 6) is 1.41. The zero-order valence-corrected chi connectivity index (χ0v) is 12.5. The van der Waals surface area contributed by atoms with E-state index in [4.69, 9.17) is 0 Å². The van der Waals surface area contributed by atoms with E-state index < -0.39 is 0 Å². The van der Waals surface area contributed by atoms with Crippen molar-refractivity contribution >= 4 is 28.3 Å². The van der Waals surface area contributed by atoms with E-state index in [-0.39, 0.29) is 5.82 Å². The van der Waals surface area contributed by atoms with Crippen molar-refractivity contribution in [2.45, 2.75) is 39.2 Å². The molecular formula is C14H19FIN. The molecule has 0 radical (unpaired) electrons. The zero-order chi connectivity index (χ0) is 12.4. The summed E-state index contributed by atoms with van der Waals surface area (Å²) < 4.78 is 14.0. The highest BCUT2D eigenvalue weighted by molar-refractivity contribution is 14.1. The summed E-state index contributed by atoms with van der Waals surface area (Å²) in [5, 5.41) is 3.56. The Labute approximate surface area is 116 Å². The third-order valence-electron chi connectivity index (χ3n) is 3.47. The van der Waals surface area contributed by atoms with Crippen molar-refractivity contribution in [3.05, 3.63) is 27.6 Å². The molecule has 2 rings (SSSR count). The van der Waals surface area contributed by atoms with Crippen molar-refractivity contribution in [1.29, 1.82) is 0 Å². The number of benzene rings is 1. The molecule has 2 unspecified atom stereocenters. The molecule has 0 aromatic heterocycles. The first-order valence-corrected chi connectivity index (χ1v) is 7.34. The minimum Gasteiger partial charge on any atom is -0.381 e. The van der Waals surface area contributed by atoms with Crippen molar-refractivity contribution in [2.75, 3.05) is 5.32 Å². The Morgan fingerprint density at radius 2 is 1.82 bits per heavy atom. The van der Waals surface area contributed by atoms with E-state index in [0.29, 0.717) is 6.04 Å². The summed E-state index contributed by atoms with van der Waals surface area (Å²) in [7, 11) is 0. The van der Waals surface area contributed by atoms with Gasteiger partial charge in [0.25, 0.3) is 0 Å². The Kier molecular flexibility index (Phi) is 4.28. The average Bonchev–Trinajstić information content (AvgIpc) is 2.21. The molecular weight excluding hydrogens is 328 g/mol.